The molecule has 4 aromatic rings. The first-order valence-corrected chi connectivity index (χ1v) is 8.24. The van der Waals surface area contributed by atoms with Gasteiger partial charge in [-0.05, 0) is 43.2 Å². The largest absolute Gasteiger partial charge is 0.465 e. The van der Waals surface area contributed by atoms with Gasteiger partial charge in [-0.25, -0.2) is 13.8 Å². The number of aromatic nitrogens is 2. The van der Waals surface area contributed by atoms with E-state index in [9.17, 15) is 9.59 Å². The maximum Gasteiger partial charge on any atom is 0.340 e. The van der Waals surface area contributed by atoms with Crippen molar-refractivity contribution in [3.05, 3.63) is 69.6 Å². The van der Waals surface area contributed by atoms with Crippen LogP contribution in [0.4, 0.5) is 0 Å². The monoisotopic (exact) mass is 334 g/mol. The maximum atomic E-state index is 13.0. The minimum Gasteiger partial charge on any atom is -0.465 e. The molecule has 0 aliphatic carbocycles. The van der Waals surface area contributed by atoms with Crippen molar-refractivity contribution in [3.8, 4) is 0 Å². The quantitative estimate of drug-likeness (QED) is 0.528. The fraction of sp³-hybridized carbons (Fsp3) is 0.200. The summed E-state index contributed by atoms with van der Waals surface area (Å²) in [5.41, 5.74) is 3.66. The van der Waals surface area contributed by atoms with Gasteiger partial charge in [0.25, 0.3) is 5.56 Å². The van der Waals surface area contributed by atoms with Crippen LogP contribution >= 0.6 is 0 Å². The molecule has 0 unspecified atom stereocenters. The average molecular weight is 334 g/mol. The first-order valence-electron chi connectivity index (χ1n) is 8.24. The second-order valence-electron chi connectivity index (χ2n) is 6.10. The number of hydrogen-bond donors (Lipinski definition) is 0. The van der Waals surface area contributed by atoms with Crippen LogP contribution in [0.5, 0.6) is 0 Å². The molecule has 126 valence electrons. The predicted octanol–water partition coefficient (Wildman–Crippen LogP) is 3.36. The van der Waals surface area contributed by atoms with E-state index in [1.54, 1.807) is 15.1 Å². The number of ether oxygens (including phenoxy) is 1. The standard InChI is InChI=1S/C20H18N2O3/c1-4-13-9-10-17-15(11-13)18(20(24)25-3)12(2)21-16-8-6-5-7-14(16)19(23)22(17)21/h5-11H,4H2,1-3H3. The number of carbonyl (C=O) groups is 1. The Kier molecular flexibility index (Phi) is 3.39. The Balaban J connectivity index is 2.36. The van der Waals surface area contributed by atoms with E-state index < -0.39 is 5.97 Å². The Morgan fingerprint density at radius 2 is 1.76 bits per heavy atom. The fourth-order valence-electron chi connectivity index (χ4n) is 3.55. The van der Waals surface area contributed by atoms with E-state index in [2.05, 4.69) is 6.92 Å². The number of esters is 1. The van der Waals surface area contributed by atoms with E-state index in [4.69, 9.17) is 4.74 Å². The first-order chi connectivity index (χ1) is 12.1. The molecule has 2 aromatic carbocycles. The Morgan fingerprint density at radius 1 is 1.04 bits per heavy atom. The highest BCUT2D eigenvalue weighted by Crippen LogP contribution is 2.26. The van der Waals surface area contributed by atoms with Gasteiger partial charge in [0, 0.05) is 5.39 Å². The maximum absolute atomic E-state index is 13.0. The average Bonchev–Trinajstić information content (AvgIpc) is 2.95. The molecule has 0 radical (unpaired) electrons. The van der Waals surface area contributed by atoms with Crippen molar-refractivity contribution in [2.24, 2.45) is 0 Å². The van der Waals surface area contributed by atoms with Crippen molar-refractivity contribution in [1.82, 2.24) is 9.03 Å². The molecule has 0 atom stereocenters. The van der Waals surface area contributed by atoms with Gasteiger partial charge < -0.3 is 4.74 Å². The van der Waals surface area contributed by atoms with Crippen molar-refractivity contribution in [3.63, 3.8) is 0 Å². The van der Waals surface area contributed by atoms with Gasteiger partial charge in [0.2, 0.25) is 0 Å². The molecule has 0 saturated heterocycles. The molecule has 0 N–H and O–H groups in total. The lowest BCUT2D eigenvalue weighted by molar-refractivity contribution is 0.0601. The molecule has 0 saturated carbocycles. The lowest BCUT2D eigenvalue weighted by atomic mass is 10.0. The number of benzene rings is 2. The van der Waals surface area contributed by atoms with Gasteiger partial charge in [0.05, 0.1) is 34.8 Å². The topological polar surface area (TPSA) is 52.2 Å². The third kappa shape index (κ3) is 2.02. The van der Waals surface area contributed by atoms with Crippen molar-refractivity contribution in [1.29, 1.82) is 0 Å². The van der Waals surface area contributed by atoms with E-state index in [1.165, 1.54) is 7.11 Å². The normalized spacial score (nSPS) is 11.5. The van der Waals surface area contributed by atoms with Crippen LogP contribution in [-0.2, 0) is 11.2 Å². The molecule has 0 spiro atoms. The van der Waals surface area contributed by atoms with Gasteiger partial charge in [-0.15, -0.1) is 0 Å². The lowest BCUT2D eigenvalue weighted by Crippen LogP contribution is -2.18. The van der Waals surface area contributed by atoms with Crippen LogP contribution < -0.4 is 5.56 Å². The van der Waals surface area contributed by atoms with E-state index in [1.807, 2.05) is 43.3 Å². The zero-order valence-corrected chi connectivity index (χ0v) is 14.4. The second kappa shape index (κ2) is 5.48. The summed E-state index contributed by atoms with van der Waals surface area (Å²) < 4.78 is 8.47. The van der Waals surface area contributed by atoms with Crippen LogP contribution in [0, 0.1) is 6.92 Å². The number of nitrogens with zero attached hydrogens (tertiary/aromatic N) is 2. The molecular weight excluding hydrogens is 316 g/mol. The summed E-state index contributed by atoms with van der Waals surface area (Å²) in [7, 11) is 1.38. The van der Waals surface area contributed by atoms with Crippen molar-refractivity contribution >= 4 is 27.8 Å². The van der Waals surface area contributed by atoms with Crippen LogP contribution in [0.1, 0.15) is 28.5 Å². The summed E-state index contributed by atoms with van der Waals surface area (Å²) in [5.74, 6) is -0.400. The highest BCUT2D eigenvalue weighted by atomic mass is 16.5. The third-order valence-electron chi connectivity index (χ3n) is 4.79. The Hall–Kier alpha value is -3.08. The van der Waals surface area contributed by atoms with Crippen molar-refractivity contribution in [2.75, 3.05) is 7.11 Å². The van der Waals surface area contributed by atoms with Crippen LogP contribution in [0.25, 0.3) is 21.8 Å². The zero-order chi connectivity index (χ0) is 17.7. The number of hydrogen-bond acceptors (Lipinski definition) is 3. The van der Waals surface area contributed by atoms with E-state index >= 15 is 0 Å². The van der Waals surface area contributed by atoms with Crippen LogP contribution in [0.3, 0.4) is 0 Å². The zero-order valence-electron chi connectivity index (χ0n) is 14.4. The molecule has 2 aromatic heterocycles. The highest BCUT2D eigenvalue weighted by Gasteiger charge is 2.21. The second-order valence-corrected chi connectivity index (χ2v) is 6.10. The minimum absolute atomic E-state index is 0.0932. The molecule has 0 amide bonds. The summed E-state index contributed by atoms with van der Waals surface area (Å²) in [5, 5.41) is 1.36. The molecule has 4 rings (SSSR count). The minimum atomic E-state index is -0.400. The molecule has 0 fully saturated rings. The van der Waals surface area contributed by atoms with Gasteiger partial charge in [0.1, 0.15) is 0 Å². The summed E-state index contributed by atoms with van der Waals surface area (Å²) >= 11 is 0. The number of fused-ring (bicyclic) bond motifs is 5. The molecule has 0 aliphatic rings. The SMILES string of the molecule is CCc1ccc2c(c1)c(C(=O)OC)c(C)n1c3ccccc3c(=O)n21. The Morgan fingerprint density at radius 3 is 2.48 bits per heavy atom. The van der Waals surface area contributed by atoms with Gasteiger partial charge in [-0.3, -0.25) is 4.79 Å². The molecule has 5 heteroatoms. The highest BCUT2D eigenvalue weighted by molar-refractivity contribution is 6.05. The Labute approximate surface area is 144 Å². The number of rotatable bonds is 2. The molecule has 0 aliphatic heterocycles. The van der Waals surface area contributed by atoms with Gasteiger partial charge in [-0.1, -0.05) is 25.1 Å². The number of para-hydroxylation sites is 1. The summed E-state index contributed by atoms with van der Waals surface area (Å²) in [6, 6.07) is 13.3. The van der Waals surface area contributed by atoms with E-state index in [0.717, 1.165) is 22.9 Å². The number of methoxy groups -OCH3 is 1. The van der Waals surface area contributed by atoms with Gasteiger partial charge in [-0.2, -0.15) is 0 Å². The van der Waals surface area contributed by atoms with Gasteiger partial charge in [0.15, 0.2) is 0 Å². The Bertz CT molecular complexity index is 1210. The molecule has 5 nitrogen and oxygen atoms in total. The molecule has 25 heavy (non-hydrogen) atoms. The van der Waals surface area contributed by atoms with Crippen LogP contribution in [0.15, 0.2) is 47.3 Å². The summed E-state index contributed by atoms with van der Waals surface area (Å²) in [6.45, 7) is 3.90. The van der Waals surface area contributed by atoms with E-state index in [-0.39, 0.29) is 5.56 Å². The van der Waals surface area contributed by atoms with Crippen LogP contribution in [0.2, 0.25) is 0 Å². The number of aryl methyl sites for hydroxylation is 2. The van der Waals surface area contributed by atoms with Gasteiger partial charge >= 0.3 is 5.97 Å². The molecular formula is C20H18N2O3. The van der Waals surface area contributed by atoms with E-state index in [0.29, 0.717) is 22.2 Å². The van der Waals surface area contributed by atoms with Crippen LogP contribution in [-0.4, -0.2) is 22.1 Å². The summed E-state index contributed by atoms with van der Waals surface area (Å²) in [6.07, 6.45) is 0.846. The van der Waals surface area contributed by atoms with Crippen molar-refractivity contribution in [2.45, 2.75) is 20.3 Å². The lowest BCUT2D eigenvalue weighted by Gasteiger charge is -2.14. The molecule has 0 bridgehead atoms. The fourth-order valence-corrected chi connectivity index (χ4v) is 3.55. The number of carbonyl (C=O) groups excluding carboxylic acids is 1. The summed E-state index contributed by atoms with van der Waals surface area (Å²) in [4.78, 5) is 25.5. The van der Waals surface area contributed by atoms with Crippen molar-refractivity contribution < 1.29 is 9.53 Å². The smallest absolute Gasteiger partial charge is 0.340 e. The first kappa shape index (κ1) is 15.4. The third-order valence-corrected chi connectivity index (χ3v) is 4.79. The molecule has 2 heterocycles. The predicted molar refractivity (Wildman–Crippen MR) is 97.6 cm³/mol.